The van der Waals surface area contributed by atoms with E-state index in [0.29, 0.717) is 18.2 Å². The molecule has 2 heterocycles. The molecule has 0 radical (unpaired) electrons. The Morgan fingerprint density at radius 2 is 2.39 bits per heavy atom. The summed E-state index contributed by atoms with van der Waals surface area (Å²) in [7, 11) is 0. The van der Waals surface area contributed by atoms with Gasteiger partial charge in [-0.1, -0.05) is 0 Å². The molecule has 1 aliphatic rings. The third-order valence-corrected chi connectivity index (χ3v) is 3.35. The minimum Gasteiger partial charge on any atom is -0.404 e. The van der Waals surface area contributed by atoms with Crippen LogP contribution in [-0.2, 0) is 6.54 Å². The molecule has 2 rings (SSSR count). The lowest BCUT2D eigenvalue weighted by molar-refractivity contribution is -0.402. The van der Waals surface area contributed by atoms with Gasteiger partial charge in [0.1, 0.15) is 10.7 Å². The van der Waals surface area contributed by atoms with Crippen LogP contribution in [0.1, 0.15) is 25.0 Å². The van der Waals surface area contributed by atoms with E-state index in [-0.39, 0.29) is 12.5 Å². The molecule has 1 atom stereocenters. The zero-order chi connectivity index (χ0) is 13.0. The molecule has 0 aromatic carbocycles. The van der Waals surface area contributed by atoms with Crippen LogP contribution in [0.25, 0.3) is 0 Å². The van der Waals surface area contributed by atoms with Gasteiger partial charge in [0.25, 0.3) is 0 Å². The summed E-state index contributed by atoms with van der Waals surface area (Å²) < 4.78 is 5.15. The van der Waals surface area contributed by atoms with Gasteiger partial charge < -0.3 is 9.52 Å². The summed E-state index contributed by atoms with van der Waals surface area (Å²) in [5.74, 6) is 0.953. The Bertz CT molecular complexity index is 403. The predicted octanol–water partition coefficient (Wildman–Crippen LogP) is 1.78. The topological polar surface area (TPSA) is 79.8 Å². The lowest BCUT2D eigenvalue weighted by atomic mass is 9.95. The average molecular weight is 254 g/mol. The monoisotopic (exact) mass is 254 g/mol. The van der Waals surface area contributed by atoms with E-state index in [4.69, 9.17) is 9.52 Å². The highest BCUT2D eigenvalue weighted by molar-refractivity contribution is 5.17. The van der Waals surface area contributed by atoms with E-state index >= 15 is 0 Å². The van der Waals surface area contributed by atoms with Crippen molar-refractivity contribution in [3.63, 3.8) is 0 Å². The number of hydrogen-bond acceptors (Lipinski definition) is 5. The molecule has 18 heavy (non-hydrogen) atoms. The Morgan fingerprint density at radius 3 is 3.06 bits per heavy atom. The van der Waals surface area contributed by atoms with Crippen molar-refractivity contribution in [3.05, 3.63) is 28.0 Å². The number of hydrogen-bond donors (Lipinski definition) is 1. The fourth-order valence-electron chi connectivity index (χ4n) is 2.48. The SMILES string of the molecule is O=[N+]([O-])c1ccc(CN2CCCC(CCO)C2)o1. The third-order valence-electron chi connectivity index (χ3n) is 3.35. The lowest BCUT2D eigenvalue weighted by Crippen LogP contribution is -2.35. The molecule has 6 heteroatoms. The first-order valence-electron chi connectivity index (χ1n) is 6.25. The summed E-state index contributed by atoms with van der Waals surface area (Å²) in [5.41, 5.74) is 0. The number of furan rings is 1. The fraction of sp³-hybridized carbons (Fsp3) is 0.667. The minimum atomic E-state index is -0.520. The molecule has 1 N–H and O–H groups in total. The largest absolute Gasteiger partial charge is 0.433 e. The van der Waals surface area contributed by atoms with Gasteiger partial charge in [-0.25, -0.2) is 0 Å². The molecule has 100 valence electrons. The number of likely N-dealkylation sites (tertiary alicyclic amines) is 1. The predicted molar refractivity (Wildman–Crippen MR) is 65.1 cm³/mol. The van der Waals surface area contributed by atoms with Gasteiger partial charge in [-0.05, 0) is 37.8 Å². The van der Waals surface area contributed by atoms with Crippen LogP contribution < -0.4 is 0 Å². The number of nitrogens with zero attached hydrogens (tertiary/aromatic N) is 2. The average Bonchev–Trinajstić information content (AvgIpc) is 2.78. The second-order valence-corrected chi connectivity index (χ2v) is 4.75. The van der Waals surface area contributed by atoms with E-state index in [1.54, 1.807) is 6.07 Å². The summed E-state index contributed by atoms with van der Waals surface area (Å²) >= 11 is 0. The van der Waals surface area contributed by atoms with Crippen molar-refractivity contribution in [2.75, 3.05) is 19.7 Å². The van der Waals surface area contributed by atoms with Crippen molar-refractivity contribution in [1.82, 2.24) is 4.90 Å². The van der Waals surface area contributed by atoms with Crippen LogP contribution in [0.3, 0.4) is 0 Å². The second-order valence-electron chi connectivity index (χ2n) is 4.75. The number of aliphatic hydroxyl groups is 1. The van der Waals surface area contributed by atoms with Gasteiger partial charge >= 0.3 is 5.88 Å². The minimum absolute atomic E-state index is 0.200. The molecule has 1 fully saturated rings. The summed E-state index contributed by atoms with van der Waals surface area (Å²) in [6, 6.07) is 3.05. The van der Waals surface area contributed by atoms with E-state index in [0.717, 1.165) is 32.4 Å². The first-order valence-corrected chi connectivity index (χ1v) is 6.25. The number of rotatable bonds is 5. The Hall–Kier alpha value is -1.40. The Morgan fingerprint density at radius 1 is 1.56 bits per heavy atom. The summed E-state index contributed by atoms with van der Waals surface area (Å²) in [4.78, 5) is 12.2. The first-order chi connectivity index (χ1) is 8.69. The molecule has 0 spiro atoms. The maximum Gasteiger partial charge on any atom is 0.433 e. The van der Waals surface area contributed by atoms with Crippen LogP contribution in [0.2, 0.25) is 0 Å². The van der Waals surface area contributed by atoms with Crippen molar-refractivity contribution in [2.24, 2.45) is 5.92 Å². The van der Waals surface area contributed by atoms with Gasteiger partial charge in [0.05, 0.1) is 12.6 Å². The quantitative estimate of drug-likeness (QED) is 0.640. The van der Waals surface area contributed by atoms with Crippen molar-refractivity contribution >= 4 is 5.88 Å². The van der Waals surface area contributed by atoms with E-state index in [1.807, 2.05) is 0 Å². The van der Waals surface area contributed by atoms with Crippen LogP contribution in [0.4, 0.5) is 5.88 Å². The normalized spacial score (nSPS) is 21.1. The molecule has 6 nitrogen and oxygen atoms in total. The van der Waals surface area contributed by atoms with Crippen molar-refractivity contribution in [2.45, 2.75) is 25.8 Å². The van der Waals surface area contributed by atoms with Crippen LogP contribution >= 0.6 is 0 Å². The van der Waals surface area contributed by atoms with Gasteiger partial charge in [-0.2, -0.15) is 0 Å². The van der Waals surface area contributed by atoms with Gasteiger partial charge in [0.15, 0.2) is 0 Å². The molecule has 0 bridgehead atoms. The smallest absolute Gasteiger partial charge is 0.404 e. The molecule has 0 aliphatic carbocycles. The van der Waals surface area contributed by atoms with Crippen molar-refractivity contribution in [3.8, 4) is 0 Å². The van der Waals surface area contributed by atoms with Crippen LogP contribution in [0.5, 0.6) is 0 Å². The summed E-state index contributed by atoms with van der Waals surface area (Å²) in [6.07, 6.45) is 3.08. The van der Waals surface area contributed by atoms with E-state index in [2.05, 4.69) is 4.90 Å². The third kappa shape index (κ3) is 3.30. The van der Waals surface area contributed by atoms with Gasteiger partial charge in [0, 0.05) is 13.2 Å². The molecular formula is C12H18N2O4. The van der Waals surface area contributed by atoms with Gasteiger partial charge in [-0.3, -0.25) is 15.0 Å². The zero-order valence-electron chi connectivity index (χ0n) is 10.2. The van der Waals surface area contributed by atoms with E-state index < -0.39 is 4.92 Å². The summed E-state index contributed by atoms with van der Waals surface area (Å²) in [5, 5.41) is 19.5. The highest BCUT2D eigenvalue weighted by Gasteiger charge is 2.21. The number of piperidine rings is 1. The lowest BCUT2D eigenvalue weighted by Gasteiger charge is -2.31. The highest BCUT2D eigenvalue weighted by Crippen LogP contribution is 2.23. The molecule has 0 saturated carbocycles. The van der Waals surface area contributed by atoms with Crippen LogP contribution in [-0.4, -0.2) is 34.6 Å². The van der Waals surface area contributed by atoms with Gasteiger partial charge in [0.2, 0.25) is 0 Å². The Balaban J connectivity index is 1.89. The first kappa shape index (κ1) is 13.0. The standard InChI is InChI=1S/C12H18N2O4/c15-7-5-10-2-1-6-13(8-10)9-11-3-4-12(18-11)14(16)17/h3-4,10,15H,1-2,5-9H2. The molecule has 1 aromatic heterocycles. The van der Waals surface area contributed by atoms with Crippen molar-refractivity contribution in [1.29, 1.82) is 0 Å². The van der Waals surface area contributed by atoms with Crippen molar-refractivity contribution < 1.29 is 14.4 Å². The van der Waals surface area contributed by atoms with Gasteiger partial charge in [-0.15, -0.1) is 0 Å². The van der Waals surface area contributed by atoms with E-state index in [9.17, 15) is 10.1 Å². The van der Waals surface area contributed by atoms with Crippen LogP contribution in [0, 0.1) is 16.0 Å². The zero-order valence-corrected chi connectivity index (χ0v) is 10.2. The molecule has 0 amide bonds. The molecule has 1 saturated heterocycles. The molecular weight excluding hydrogens is 236 g/mol. The maximum absolute atomic E-state index is 10.5. The number of nitro groups is 1. The number of aliphatic hydroxyl groups excluding tert-OH is 1. The molecule has 1 unspecified atom stereocenters. The maximum atomic E-state index is 10.5. The Kier molecular flexibility index (Phi) is 4.33. The molecule has 1 aliphatic heterocycles. The van der Waals surface area contributed by atoms with E-state index in [1.165, 1.54) is 6.07 Å². The molecule has 1 aromatic rings. The summed E-state index contributed by atoms with van der Waals surface area (Å²) in [6.45, 7) is 2.74. The fourth-order valence-corrected chi connectivity index (χ4v) is 2.48. The second kappa shape index (κ2) is 5.97. The van der Waals surface area contributed by atoms with Crippen LogP contribution in [0.15, 0.2) is 16.5 Å². The Labute approximate surface area is 105 Å². The highest BCUT2D eigenvalue weighted by atomic mass is 16.6.